The van der Waals surface area contributed by atoms with Gasteiger partial charge in [0, 0.05) is 31.3 Å². The maximum absolute atomic E-state index is 11.7. The summed E-state index contributed by atoms with van der Waals surface area (Å²) in [6.45, 7) is 0.414. The fourth-order valence-electron chi connectivity index (χ4n) is 5.85. The number of ether oxygens (including phenoxy) is 3. The van der Waals surface area contributed by atoms with Crippen molar-refractivity contribution < 1.29 is 24.1 Å². The Bertz CT molecular complexity index is 1450. The summed E-state index contributed by atoms with van der Waals surface area (Å²) in [5, 5.41) is 24.0. The van der Waals surface area contributed by atoms with Gasteiger partial charge in [0.15, 0.2) is 18.2 Å². The number of hydrogen-bond acceptors (Lipinski definition) is 10. The molecule has 1 saturated carbocycles. The van der Waals surface area contributed by atoms with E-state index in [4.69, 9.17) is 14.2 Å². The Morgan fingerprint density at radius 2 is 2.05 bits per heavy atom. The first-order valence-corrected chi connectivity index (χ1v) is 12.6. The monoisotopic (exact) mass is 516 g/mol. The van der Waals surface area contributed by atoms with Crippen LogP contribution in [0.5, 0.6) is 11.6 Å². The molecule has 3 aliphatic heterocycles. The van der Waals surface area contributed by atoms with Crippen molar-refractivity contribution in [3.63, 3.8) is 0 Å². The minimum atomic E-state index is -0.828. The van der Waals surface area contributed by atoms with Crippen LogP contribution < -0.4 is 19.7 Å². The smallest absolute Gasteiger partial charge is 0.263 e. The molecule has 4 aliphatic rings. The lowest BCUT2D eigenvalue weighted by Gasteiger charge is -2.58. The van der Waals surface area contributed by atoms with Gasteiger partial charge < -0.3 is 29.5 Å². The second-order valence-corrected chi connectivity index (χ2v) is 10.2. The molecule has 3 aromatic rings. The van der Waals surface area contributed by atoms with Crippen molar-refractivity contribution >= 4 is 28.6 Å². The number of amides is 1. The highest BCUT2D eigenvalue weighted by Gasteiger charge is 2.55. The van der Waals surface area contributed by atoms with E-state index in [9.17, 15) is 15.2 Å². The number of rotatable bonds is 6. The molecule has 0 aromatic carbocycles. The number of pyridine rings is 3. The second-order valence-electron chi connectivity index (χ2n) is 10.2. The lowest BCUT2D eigenvalue weighted by Crippen LogP contribution is -2.65. The minimum absolute atomic E-state index is 0.0131. The van der Waals surface area contributed by atoms with E-state index in [-0.39, 0.29) is 24.5 Å². The maximum Gasteiger partial charge on any atom is 0.263 e. The summed E-state index contributed by atoms with van der Waals surface area (Å²) in [6, 6.07) is 9.42. The number of anilines is 2. The van der Waals surface area contributed by atoms with Crippen LogP contribution in [0.3, 0.4) is 0 Å². The second kappa shape index (κ2) is 9.08. The number of aromatic nitrogens is 3. The van der Waals surface area contributed by atoms with E-state index >= 15 is 0 Å². The van der Waals surface area contributed by atoms with Gasteiger partial charge in [-0.15, -0.1) is 0 Å². The van der Waals surface area contributed by atoms with Crippen LogP contribution in [-0.2, 0) is 16.0 Å². The molecule has 3 aromatic heterocycles. The fraction of sp³-hybridized carbons (Fsp3) is 0.444. The summed E-state index contributed by atoms with van der Waals surface area (Å²) in [5.41, 5.74) is 1.22. The summed E-state index contributed by atoms with van der Waals surface area (Å²) in [5.74, 6) is 1.88. The van der Waals surface area contributed by atoms with Crippen LogP contribution in [0, 0.1) is 11.3 Å². The molecule has 1 unspecified atom stereocenters. The zero-order chi connectivity index (χ0) is 26.5. The number of nitriles is 1. The molecule has 2 N–H and O–H groups in total. The number of aliphatic hydroxyl groups is 1. The molecule has 38 heavy (non-hydrogen) atoms. The van der Waals surface area contributed by atoms with Crippen LogP contribution in [0.4, 0.5) is 11.6 Å². The van der Waals surface area contributed by atoms with Crippen molar-refractivity contribution in [1.29, 1.82) is 5.26 Å². The Labute approximate surface area is 219 Å². The molecule has 6 heterocycles. The van der Waals surface area contributed by atoms with E-state index in [2.05, 4.69) is 31.2 Å². The van der Waals surface area contributed by atoms with E-state index < -0.39 is 11.7 Å². The largest absolute Gasteiger partial charge is 0.481 e. The zero-order valence-electron chi connectivity index (χ0n) is 21.2. The van der Waals surface area contributed by atoms with Crippen LogP contribution in [0.15, 0.2) is 30.5 Å². The van der Waals surface area contributed by atoms with Crippen molar-refractivity contribution in [2.24, 2.45) is 0 Å². The fourth-order valence-corrected chi connectivity index (χ4v) is 5.85. The third-order valence-corrected chi connectivity index (χ3v) is 8.30. The number of fused-ring (bicyclic) bond motifs is 5. The van der Waals surface area contributed by atoms with Crippen molar-refractivity contribution in [1.82, 2.24) is 15.0 Å². The third kappa shape index (κ3) is 3.88. The molecule has 1 aliphatic carbocycles. The van der Waals surface area contributed by atoms with Crippen LogP contribution in [-0.4, -0.2) is 70.6 Å². The molecule has 0 spiro atoms. The topological polar surface area (TPSA) is 143 Å². The minimum Gasteiger partial charge on any atom is -0.481 e. The van der Waals surface area contributed by atoms with Crippen LogP contribution in [0.2, 0.25) is 0 Å². The van der Waals surface area contributed by atoms with Gasteiger partial charge in [-0.3, -0.25) is 9.78 Å². The SMILES string of the molecule is COc1ccc2ncc(C#N)c(CC(O)C34CCC(N(C)c5ccc6c(n5)NC(=O)CO6)(CC3)CO4)c2n1. The number of nitrogens with zero attached hydrogens (tertiary/aromatic N) is 5. The van der Waals surface area contributed by atoms with E-state index in [0.717, 1.165) is 18.7 Å². The molecule has 2 saturated heterocycles. The molecule has 196 valence electrons. The molecule has 1 amide bonds. The summed E-state index contributed by atoms with van der Waals surface area (Å²) in [6.07, 6.45) is 3.84. The van der Waals surface area contributed by atoms with Gasteiger partial charge in [0.1, 0.15) is 11.9 Å². The van der Waals surface area contributed by atoms with Gasteiger partial charge in [-0.1, -0.05) is 0 Å². The summed E-state index contributed by atoms with van der Waals surface area (Å²) < 4.78 is 17.2. The molecule has 3 fully saturated rings. The molecule has 11 nitrogen and oxygen atoms in total. The molecular formula is C27H28N6O5. The first kappa shape index (κ1) is 24.3. The van der Waals surface area contributed by atoms with Crippen molar-refractivity contribution in [2.75, 3.05) is 37.6 Å². The average Bonchev–Trinajstić information content (AvgIpc) is 2.97. The Morgan fingerprint density at radius 3 is 2.76 bits per heavy atom. The predicted molar refractivity (Wildman–Crippen MR) is 137 cm³/mol. The van der Waals surface area contributed by atoms with Gasteiger partial charge in [-0.2, -0.15) is 5.26 Å². The number of carbonyl (C=O) groups is 1. The number of likely N-dealkylation sites (N-methyl/N-ethyl adjacent to an activating group) is 1. The molecule has 7 rings (SSSR count). The van der Waals surface area contributed by atoms with Crippen LogP contribution in [0.25, 0.3) is 11.0 Å². The van der Waals surface area contributed by atoms with Crippen LogP contribution >= 0.6 is 0 Å². The van der Waals surface area contributed by atoms with E-state index in [1.54, 1.807) is 12.1 Å². The van der Waals surface area contributed by atoms with Gasteiger partial charge in [0.25, 0.3) is 5.91 Å². The Balaban J connectivity index is 1.22. The third-order valence-electron chi connectivity index (χ3n) is 8.30. The van der Waals surface area contributed by atoms with E-state index in [0.29, 0.717) is 59.1 Å². The van der Waals surface area contributed by atoms with E-state index in [1.807, 2.05) is 19.2 Å². The highest BCUT2D eigenvalue weighted by atomic mass is 16.5. The Kier molecular flexibility index (Phi) is 5.81. The zero-order valence-corrected chi connectivity index (χ0v) is 21.2. The number of nitrogens with one attached hydrogen (secondary N) is 1. The Morgan fingerprint density at radius 1 is 1.24 bits per heavy atom. The quantitative estimate of drug-likeness (QED) is 0.501. The first-order chi connectivity index (χ1) is 18.4. The van der Waals surface area contributed by atoms with Gasteiger partial charge in [0.05, 0.1) is 47.6 Å². The normalized spacial score (nSPS) is 24.6. The van der Waals surface area contributed by atoms with Gasteiger partial charge >= 0.3 is 0 Å². The summed E-state index contributed by atoms with van der Waals surface area (Å²) >= 11 is 0. The molecule has 1 atom stereocenters. The highest BCUT2D eigenvalue weighted by Crippen LogP contribution is 2.49. The van der Waals surface area contributed by atoms with Crippen molar-refractivity contribution in [3.05, 3.63) is 41.6 Å². The molecule has 2 bridgehead atoms. The maximum atomic E-state index is 11.7. The van der Waals surface area contributed by atoms with Gasteiger partial charge in [-0.05, 0) is 43.9 Å². The molecule has 0 radical (unpaired) electrons. The van der Waals surface area contributed by atoms with E-state index in [1.165, 1.54) is 13.3 Å². The number of aliphatic hydroxyl groups excluding tert-OH is 1. The lowest BCUT2D eigenvalue weighted by atomic mass is 9.67. The number of hydrogen-bond donors (Lipinski definition) is 2. The lowest BCUT2D eigenvalue weighted by molar-refractivity contribution is -0.201. The number of methoxy groups -OCH3 is 1. The molecular weight excluding hydrogens is 488 g/mol. The van der Waals surface area contributed by atoms with Crippen molar-refractivity contribution in [3.8, 4) is 17.7 Å². The summed E-state index contributed by atoms with van der Waals surface area (Å²) in [7, 11) is 3.52. The standard InChI is InChI=1S/C27H28N6O5/c1-33(21-5-4-19-25(30-21)31-22(35)14-37-19)26-7-9-27(10-8-26,38-15-26)20(34)11-17-16(12-28)13-29-18-3-6-23(36-2)32-24(17)18/h3-6,13,20,34H,7-11,14-15H2,1-2H3,(H,30,31,35). The number of carbonyl (C=O) groups excluding carboxylic acids is 1. The summed E-state index contributed by atoms with van der Waals surface area (Å²) in [4.78, 5) is 27.4. The highest BCUT2D eigenvalue weighted by molar-refractivity contribution is 5.94. The average molecular weight is 517 g/mol. The predicted octanol–water partition coefficient (Wildman–Crippen LogP) is 2.36. The van der Waals surface area contributed by atoms with Gasteiger partial charge in [-0.25, -0.2) is 9.97 Å². The van der Waals surface area contributed by atoms with Gasteiger partial charge in [0.2, 0.25) is 5.88 Å². The van der Waals surface area contributed by atoms with Crippen molar-refractivity contribution in [2.45, 2.75) is 49.3 Å². The first-order valence-electron chi connectivity index (χ1n) is 12.6. The Hall–Kier alpha value is -4.01. The molecule has 11 heteroatoms. The van der Waals surface area contributed by atoms with Crippen LogP contribution in [0.1, 0.15) is 36.8 Å².